The van der Waals surface area contributed by atoms with Crippen molar-refractivity contribution in [1.29, 1.82) is 0 Å². The fourth-order valence-electron chi connectivity index (χ4n) is 3.10. The Morgan fingerprint density at radius 1 is 1.03 bits per heavy atom. The molecule has 0 atom stereocenters. The molecule has 0 unspecified atom stereocenters. The van der Waals surface area contributed by atoms with Crippen LogP contribution in [-0.2, 0) is 19.6 Å². The van der Waals surface area contributed by atoms with Crippen LogP contribution in [0.2, 0.25) is 5.02 Å². The van der Waals surface area contributed by atoms with Gasteiger partial charge in [-0.15, -0.1) is 0 Å². The lowest BCUT2D eigenvalue weighted by Gasteiger charge is -2.24. The van der Waals surface area contributed by atoms with Crippen molar-refractivity contribution in [3.05, 3.63) is 82.9 Å². The van der Waals surface area contributed by atoms with Crippen LogP contribution in [0, 0.1) is 6.92 Å². The molecule has 3 rings (SSSR count). The standard InChI is InChI=1S/C25H24ClN3O7S/c1-17-9-11-19(14-21(17)26)29(37(32,33)20-7-5-4-6-8-20)16-24(30)28-27-15-18-10-12-22(23(13-18)34-2)36-25(31)35-3/h4-15H,16H2,1-3H3,(H,28,30)/b27-15-. The second kappa shape index (κ2) is 12.2. The Morgan fingerprint density at radius 2 is 1.76 bits per heavy atom. The van der Waals surface area contributed by atoms with E-state index in [1.54, 1.807) is 43.3 Å². The molecule has 0 aliphatic carbocycles. The number of aryl methyl sites for hydroxylation is 1. The average molecular weight is 546 g/mol. The van der Waals surface area contributed by atoms with Crippen molar-refractivity contribution in [2.45, 2.75) is 11.8 Å². The van der Waals surface area contributed by atoms with Crippen LogP contribution < -0.4 is 19.2 Å². The maximum atomic E-state index is 13.4. The van der Waals surface area contributed by atoms with E-state index in [1.165, 1.54) is 50.8 Å². The van der Waals surface area contributed by atoms with E-state index in [4.69, 9.17) is 21.1 Å². The number of hydrogen-bond acceptors (Lipinski definition) is 8. The highest BCUT2D eigenvalue weighted by Crippen LogP contribution is 2.29. The monoisotopic (exact) mass is 545 g/mol. The summed E-state index contributed by atoms with van der Waals surface area (Å²) in [6.45, 7) is 1.23. The first-order valence-corrected chi connectivity index (χ1v) is 12.6. The number of nitrogens with one attached hydrogen (secondary N) is 1. The van der Waals surface area contributed by atoms with Gasteiger partial charge >= 0.3 is 6.16 Å². The number of ether oxygens (including phenoxy) is 3. The normalized spacial score (nSPS) is 11.1. The molecule has 0 aliphatic rings. The molecule has 0 aliphatic heterocycles. The van der Waals surface area contributed by atoms with E-state index in [9.17, 15) is 18.0 Å². The molecule has 1 amide bonds. The third-order valence-corrected chi connectivity index (χ3v) is 7.21. The third kappa shape index (κ3) is 6.99. The number of hydrogen-bond donors (Lipinski definition) is 1. The highest BCUT2D eigenvalue weighted by Gasteiger charge is 2.27. The first-order chi connectivity index (χ1) is 17.6. The lowest BCUT2D eigenvalue weighted by atomic mass is 10.2. The van der Waals surface area contributed by atoms with Crippen molar-refractivity contribution in [3.8, 4) is 11.5 Å². The van der Waals surface area contributed by atoms with E-state index in [0.717, 1.165) is 9.87 Å². The number of hydrazone groups is 1. The SMILES string of the molecule is COC(=O)Oc1ccc(/C=N\NC(=O)CN(c2ccc(C)c(Cl)c2)S(=O)(=O)c2ccccc2)cc1OC. The Hall–Kier alpha value is -4.09. The van der Waals surface area contributed by atoms with Gasteiger partial charge in [0, 0.05) is 5.02 Å². The zero-order valence-corrected chi connectivity index (χ0v) is 21.7. The number of rotatable bonds is 9. The Labute approximate surface area is 219 Å². The first kappa shape index (κ1) is 27.5. The summed E-state index contributed by atoms with van der Waals surface area (Å²) < 4.78 is 42.3. The molecule has 10 nitrogen and oxygen atoms in total. The maximum Gasteiger partial charge on any atom is 0.513 e. The van der Waals surface area contributed by atoms with Crippen molar-refractivity contribution in [2.24, 2.45) is 5.10 Å². The summed E-state index contributed by atoms with van der Waals surface area (Å²) >= 11 is 6.22. The van der Waals surface area contributed by atoms with Gasteiger partial charge in [-0.05, 0) is 60.5 Å². The van der Waals surface area contributed by atoms with E-state index < -0.39 is 28.6 Å². The molecule has 0 fully saturated rings. The van der Waals surface area contributed by atoms with Gasteiger partial charge in [0.2, 0.25) is 0 Å². The number of nitrogens with zero attached hydrogens (tertiary/aromatic N) is 2. The Bertz CT molecular complexity index is 1410. The average Bonchev–Trinajstić information content (AvgIpc) is 2.90. The van der Waals surface area contributed by atoms with Gasteiger partial charge in [-0.3, -0.25) is 9.10 Å². The molecule has 0 spiro atoms. The number of sulfonamides is 1. The lowest BCUT2D eigenvalue weighted by Crippen LogP contribution is -2.39. The van der Waals surface area contributed by atoms with Gasteiger partial charge in [-0.1, -0.05) is 35.9 Å². The fourth-order valence-corrected chi connectivity index (χ4v) is 4.71. The Kier molecular flexibility index (Phi) is 9.10. The summed E-state index contributed by atoms with van der Waals surface area (Å²) in [5.74, 6) is -0.323. The molecule has 3 aromatic carbocycles. The van der Waals surface area contributed by atoms with Crippen LogP contribution in [0.5, 0.6) is 11.5 Å². The van der Waals surface area contributed by atoms with Crippen LogP contribution >= 0.6 is 11.6 Å². The Morgan fingerprint density at radius 3 is 2.41 bits per heavy atom. The minimum atomic E-state index is -4.09. The number of methoxy groups -OCH3 is 2. The van der Waals surface area contributed by atoms with E-state index in [-0.39, 0.29) is 22.1 Å². The molecule has 1 N–H and O–H groups in total. The van der Waals surface area contributed by atoms with Crippen LogP contribution in [0.15, 0.2) is 76.7 Å². The summed E-state index contributed by atoms with van der Waals surface area (Å²) in [6, 6.07) is 17.0. The Balaban J connectivity index is 1.79. The molecule has 0 heterocycles. The maximum absolute atomic E-state index is 13.4. The molecular weight excluding hydrogens is 522 g/mol. The number of carbonyl (C=O) groups is 2. The van der Waals surface area contributed by atoms with Gasteiger partial charge in [0.1, 0.15) is 6.54 Å². The van der Waals surface area contributed by atoms with Crippen molar-refractivity contribution in [2.75, 3.05) is 25.1 Å². The third-order valence-electron chi connectivity index (χ3n) is 5.01. The van der Waals surface area contributed by atoms with Crippen LogP contribution in [-0.4, -0.2) is 47.5 Å². The predicted octanol–water partition coefficient (Wildman–Crippen LogP) is 4.15. The molecule has 0 aromatic heterocycles. The van der Waals surface area contributed by atoms with Crippen LogP contribution in [0.1, 0.15) is 11.1 Å². The molecular formula is C25H24ClN3O7S. The zero-order valence-electron chi connectivity index (χ0n) is 20.2. The largest absolute Gasteiger partial charge is 0.513 e. The van der Waals surface area contributed by atoms with E-state index in [2.05, 4.69) is 15.3 Å². The molecule has 0 radical (unpaired) electrons. The fraction of sp³-hybridized carbons (Fsp3) is 0.160. The molecule has 37 heavy (non-hydrogen) atoms. The summed E-state index contributed by atoms with van der Waals surface area (Å²) in [7, 11) is -1.52. The summed E-state index contributed by atoms with van der Waals surface area (Å²) in [6.07, 6.45) is 0.415. The molecule has 0 saturated heterocycles. The minimum absolute atomic E-state index is 0.0179. The lowest BCUT2D eigenvalue weighted by molar-refractivity contribution is -0.119. The molecule has 194 valence electrons. The van der Waals surface area contributed by atoms with Gasteiger partial charge in [0.15, 0.2) is 11.5 Å². The van der Waals surface area contributed by atoms with Crippen molar-refractivity contribution < 1.29 is 32.2 Å². The van der Waals surface area contributed by atoms with Crippen molar-refractivity contribution in [3.63, 3.8) is 0 Å². The minimum Gasteiger partial charge on any atom is -0.493 e. The molecule has 3 aromatic rings. The van der Waals surface area contributed by atoms with E-state index >= 15 is 0 Å². The zero-order chi connectivity index (χ0) is 27.0. The van der Waals surface area contributed by atoms with Crippen LogP contribution in [0.4, 0.5) is 10.5 Å². The number of carbonyl (C=O) groups excluding carboxylic acids is 2. The highest BCUT2D eigenvalue weighted by molar-refractivity contribution is 7.92. The summed E-state index contributed by atoms with van der Waals surface area (Å²) in [5.41, 5.74) is 3.81. The van der Waals surface area contributed by atoms with E-state index in [0.29, 0.717) is 10.6 Å². The van der Waals surface area contributed by atoms with E-state index in [1.807, 2.05) is 0 Å². The number of anilines is 1. The smallest absolute Gasteiger partial charge is 0.493 e. The first-order valence-electron chi connectivity index (χ1n) is 10.8. The van der Waals surface area contributed by atoms with Gasteiger partial charge in [0.25, 0.3) is 15.9 Å². The van der Waals surface area contributed by atoms with Gasteiger partial charge < -0.3 is 14.2 Å². The summed E-state index contributed by atoms with van der Waals surface area (Å²) in [4.78, 5) is 24.1. The molecule has 12 heteroatoms. The van der Waals surface area contributed by atoms with Crippen LogP contribution in [0.25, 0.3) is 0 Å². The number of amides is 1. The second-order valence-electron chi connectivity index (χ2n) is 7.52. The molecule has 0 saturated carbocycles. The van der Waals surface area contributed by atoms with Gasteiger partial charge in [-0.2, -0.15) is 5.10 Å². The van der Waals surface area contributed by atoms with Crippen molar-refractivity contribution in [1.82, 2.24) is 5.43 Å². The predicted molar refractivity (Wildman–Crippen MR) is 139 cm³/mol. The number of halogens is 1. The highest BCUT2D eigenvalue weighted by atomic mass is 35.5. The van der Waals surface area contributed by atoms with Crippen molar-refractivity contribution >= 4 is 45.6 Å². The van der Waals surface area contributed by atoms with Gasteiger partial charge in [0.05, 0.1) is 31.0 Å². The second-order valence-corrected chi connectivity index (χ2v) is 9.79. The quantitative estimate of drug-likeness (QED) is 0.185. The van der Waals surface area contributed by atoms with Crippen LogP contribution in [0.3, 0.4) is 0 Å². The summed E-state index contributed by atoms with van der Waals surface area (Å²) in [5, 5.41) is 4.26. The topological polar surface area (TPSA) is 124 Å². The molecule has 0 bridgehead atoms. The van der Waals surface area contributed by atoms with Gasteiger partial charge in [-0.25, -0.2) is 18.6 Å². The number of benzene rings is 3.